The van der Waals surface area contributed by atoms with Crippen LogP contribution in [0.3, 0.4) is 0 Å². The number of ether oxygens (including phenoxy) is 1. The number of rotatable bonds is 3. The monoisotopic (exact) mass is 316 g/mol. The molecule has 9 heteroatoms. The van der Waals surface area contributed by atoms with E-state index in [1.54, 1.807) is 14.0 Å². The third-order valence-electron chi connectivity index (χ3n) is 5.41. The van der Waals surface area contributed by atoms with Gasteiger partial charge in [-0.1, -0.05) is 5.11 Å². The van der Waals surface area contributed by atoms with Crippen LogP contribution in [0.25, 0.3) is 10.4 Å². The fraction of sp³-hybridized carbons (Fsp3) is 0.571. The fourth-order valence-corrected chi connectivity index (χ4v) is 4.28. The molecule has 2 saturated heterocycles. The molecular formula is C14H16N6O3. The number of nitrogens with one attached hydrogen (secondary N) is 1. The molecule has 0 aromatic heterocycles. The molecule has 0 bridgehead atoms. The summed E-state index contributed by atoms with van der Waals surface area (Å²) in [6, 6.07) is 0.211. The normalized spacial score (nSPS) is 37.7. The number of carbonyl (C=O) groups excluding carboxylic acids is 2. The molecule has 0 aromatic rings. The van der Waals surface area contributed by atoms with Crippen LogP contribution in [0.15, 0.2) is 27.7 Å². The van der Waals surface area contributed by atoms with E-state index in [1.807, 2.05) is 4.90 Å². The van der Waals surface area contributed by atoms with Crippen molar-refractivity contribution in [2.45, 2.75) is 24.7 Å². The predicted octanol–water partition coefficient (Wildman–Crippen LogP) is -0.436. The summed E-state index contributed by atoms with van der Waals surface area (Å²) >= 11 is 0. The average molecular weight is 316 g/mol. The van der Waals surface area contributed by atoms with Crippen LogP contribution in [-0.2, 0) is 14.3 Å². The molecular weight excluding hydrogens is 300 g/mol. The van der Waals surface area contributed by atoms with Crippen LogP contribution in [0.4, 0.5) is 0 Å². The lowest BCUT2D eigenvalue weighted by Gasteiger charge is -2.39. The quantitative estimate of drug-likeness (QED) is 0.237. The fourth-order valence-electron chi connectivity index (χ4n) is 4.28. The summed E-state index contributed by atoms with van der Waals surface area (Å²) in [4.78, 5) is 30.1. The maximum atomic E-state index is 12.7. The Labute approximate surface area is 131 Å². The molecule has 0 radical (unpaired) electrons. The van der Waals surface area contributed by atoms with Crippen molar-refractivity contribution in [1.82, 2.24) is 10.2 Å². The number of hydrogen-bond acceptors (Lipinski definition) is 7. The second-order valence-corrected chi connectivity index (χ2v) is 6.24. The number of piperazine rings is 1. The number of hydrogen-bond donors (Lipinski definition) is 2. The van der Waals surface area contributed by atoms with Gasteiger partial charge in [0.25, 0.3) is 0 Å². The molecule has 9 nitrogen and oxygen atoms in total. The summed E-state index contributed by atoms with van der Waals surface area (Å²) < 4.78 is 5.82. The van der Waals surface area contributed by atoms with E-state index in [0.717, 1.165) is 0 Å². The number of nitrogens with two attached hydrogens (primary N) is 1. The molecule has 1 aliphatic carbocycles. The van der Waals surface area contributed by atoms with Gasteiger partial charge in [-0.25, -0.2) is 0 Å². The van der Waals surface area contributed by atoms with Gasteiger partial charge in [0.2, 0.25) is 11.6 Å². The van der Waals surface area contributed by atoms with Crippen LogP contribution in [-0.4, -0.2) is 54.5 Å². The molecule has 0 amide bonds. The van der Waals surface area contributed by atoms with Crippen molar-refractivity contribution in [3.05, 3.63) is 33.0 Å². The zero-order chi connectivity index (χ0) is 16.5. The van der Waals surface area contributed by atoms with E-state index in [4.69, 9.17) is 16.0 Å². The minimum absolute atomic E-state index is 0.000812. The highest BCUT2D eigenvalue weighted by Crippen LogP contribution is 2.55. The van der Waals surface area contributed by atoms with Crippen molar-refractivity contribution in [2.24, 2.45) is 16.8 Å². The van der Waals surface area contributed by atoms with E-state index in [0.29, 0.717) is 17.8 Å². The number of fused-ring (bicyclic) bond motifs is 4. The summed E-state index contributed by atoms with van der Waals surface area (Å²) in [5, 5.41) is 6.95. The van der Waals surface area contributed by atoms with Gasteiger partial charge in [0.15, 0.2) is 5.72 Å². The predicted molar refractivity (Wildman–Crippen MR) is 78.6 cm³/mol. The summed E-state index contributed by atoms with van der Waals surface area (Å²) in [5.74, 6) is -1.13. The smallest absolute Gasteiger partial charge is 0.207 e. The molecule has 2 fully saturated rings. The van der Waals surface area contributed by atoms with Crippen molar-refractivity contribution in [1.29, 1.82) is 0 Å². The highest BCUT2D eigenvalue weighted by Gasteiger charge is 2.72. The first kappa shape index (κ1) is 14.3. The first-order chi connectivity index (χ1) is 11.0. The van der Waals surface area contributed by atoms with Gasteiger partial charge in [0.05, 0.1) is 17.4 Å². The minimum Gasteiger partial charge on any atom is -0.395 e. The molecule has 0 spiro atoms. The van der Waals surface area contributed by atoms with Crippen LogP contribution in [0, 0.1) is 5.92 Å². The lowest BCUT2D eigenvalue weighted by molar-refractivity contribution is -0.130. The Bertz CT molecular complexity index is 764. The molecule has 4 aliphatic rings. The lowest BCUT2D eigenvalue weighted by atomic mass is 9.82. The largest absolute Gasteiger partial charge is 0.395 e. The maximum Gasteiger partial charge on any atom is 0.207 e. The zero-order valence-electron chi connectivity index (χ0n) is 12.7. The Morgan fingerprint density at radius 3 is 2.91 bits per heavy atom. The Morgan fingerprint density at radius 1 is 1.52 bits per heavy atom. The van der Waals surface area contributed by atoms with Crippen molar-refractivity contribution >= 4 is 11.6 Å². The topological polar surface area (TPSA) is 143 Å². The Hall–Kier alpha value is -2.35. The molecule has 3 N–H and O–H groups in total. The van der Waals surface area contributed by atoms with E-state index in [2.05, 4.69) is 15.3 Å². The van der Waals surface area contributed by atoms with Crippen molar-refractivity contribution < 1.29 is 14.3 Å². The Morgan fingerprint density at radius 2 is 2.26 bits per heavy atom. The molecule has 0 unspecified atom stereocenters. The lowest BCUT2D eigenvalue weighted by Crippen LogP contribution is -2.54. The van der Waals surface area contributed by atoms with Crippen LogP contribution < -0.4 is 11.1 Å². The molecule has 4 atom stereocenters. The number of allylic oxidation sites excluding steroid dienone is 2. The third-order valence-corrected chi connectivity index (χ3v) is 5.41. The summed E-state index contributed by atoms with van der Waals surface area (Å²) in [5.41, 5.74) is 14.6. The highest BCUT2D eigenvalue weighted by atomic mass is 16.5. The molecule has 23 heavy (non-hydrogen) atoms. The first-order valence-corrected chi connectivity index (χ1v) is 7.38. The second kappa shape index (κ2) is 4.35. The molecule has 0 saturated carbocycles. The summed E-state index contributed by atoms with van der Waals surface area (Å²) in [6.07, 6.45) is 0. The molecule has 3 aliphatic heterocycles. The van der Waals surface area contributed by atoms with Crippen molar-refractivity contribution in [3.8, 4) is 0 Å². The molecule has 4 rings (SSSR count). The molecule has 0 aromatic carbocycles. The van der Waals surface area contributed by atoms with Gasteiger partial charge in [0, 0.05) is 48.2 Å². The SMILES string of the molecule is CO[C@@]12[C@H](CN=[N+]=[N-])C3=C(C(=O)C(C)=C(N)C3=O)N1C[C@@H]1N[C@@H]12. The summed E-state index contributed by atoms with van der Waals surface area (Å²) in [6.45, 7) is 2.18. The van der Waals surface area contributed by atoms with E-state index in [1.165, 1.54) is 0 Å². The highest BCUT2D eigenvalue weighted by molar-refractivity contribution is 6.25. The number of nitrogens with zero attached hydrogens (tertiary/aromatic N) is 4. The van der Waals surface area contributed by atoms with Gasteiger partial charge < -0.3 is 20.7 Å². The average Bonchev–Trinajstić information content (AvgIpc) is 3.16. The van der Waals surface area contributed by atoms with Gasteiger partial charge in [-0.3, -0.25) is 9.59 Å². The van der Waals surface area contributed by atoms with Crippen LogP contribution in [0.1, 0.15) is 6.92 Å². The zero-order valence-corrected chi connectivity index (χ0v) is 12.7. The minimum atomic E-state index is -0.875. The van der Waals surface area contributed by atoms with Crippen LogP contribution in [0.5, 0.6) is 0 Å². The van der Waals surface area contributed by atoms with Gasteiger partial charge >= 0.3 is 0 Å². The number of Topliss-reactive ketones (excluding diaryl/α,β-unsaturated/α-hetero) is 2. The number of carbonyl (C=O) groups is 2. The van der Waals surface area contributed by atoms with Gasteiger partial charge in [-0.2, -0.15) is 0 Å². The second-order valence-electron chi connectivity index (χ2n) is 6.24. The van der Waals surface area contributed by atoms with E-state index in [-0.39, 0.29) is 41.5 Å². The van der Waals surface area contributed by atoms with Gasteiger partial charge in [0.1, 0.15) is 0 Å². The maximum absolute atomic E-state index is 12.7. The first-order valence-electron chi connectivity index (χ1n) is 7.38. The molecule has 3 heterocycles. The van der Waals surface area contributed by atoms with E-state index >= 15 is 0 Å². The van der Waals surface area contributed by atoms with Crippen LogP contribution >= 0.6 is 0 Å². The van der Waals surface area contributed by atoms with E-state index in [9.17, 15) is 9.59 Å². The summed E-state index contributed by atoms with van der Waals surface area (Å²) in [7, 11) is 1.55. The van der Waals surface area contributed by atoms with Crippen molar-refractivity contribution in [2.75, 3.05) is 20.2 Å². The van der Waals surface area contributed by atoms with Crippen molar-refractivity contribution in [3.63, 3.8) is 0 Å². The molecule has 120 valence electrons. The number of methoxy groups -OCH3 is 1. The third kappa shape index (κ3) is 1.46. The van der Waals surface area contributed by atoms with E-state index < -0.39 is 11.6 Å². The number of ketones is 2. The Kier molecular flexibility index (Phi) is 2.69. The van der Waals surface area contributed by atoms with Crippen LogP contribution in [0.2, 0.25) is 0 Å². The Balaban J connectivity index is 1.91. The van der Waals surface area contributed by atoms with Gasteiger partial charge in [-0.05, 0) is 12.5 Å². The number of azide groups is 1. The standard InChI is InChI=1S/C14H16N6O3/c1-5-9(15)12(22)8-6(3-17-19-16)14(23-2)13-7(18-13)4-20(14)10(8)11(5)21/h6-7,13,18H,3-4,15H2,1-2H3/t6-,7+,13+,14-/m1/s1. The van der Waals surface area contributed by atoms with Gasteiger partial charge in [-0.15, -0.1) is 0 Å².